The highest BCUT2D eigenvalue weighted by molar-refractivity contribution is 5.97. The summed E-state index contributed by atoms with van der Waals surface area (Å²) in [5, 5.41) is 9.99. The lowest BCUT2D eigenvalue weighted by atomic mass is 9.87. The number of nitrogens with one attached hydrogen (secondary N) is 2. The lowest BCUT2D eigenvalue weighted by molar-refractivity contribution is 0.0930. The van der Waals surface area contributed by atoms with Crippen molar-refractivity contribution in [3.05, 3.63) is 11.4 Å². The highest BCUT2D eigenvalue weighted by Crippen LogP contribution is 2.42. The number of carbonyl (C=O) groups is 1. The largest absolute Gasteiger partial charge is 0.395 e. The molecular formula is C16H28N4O. The maximum Gasteiger partial charge on any atom is 0.273 e. The molecule has 0 spiro atoms. The van der Waals surface area contributed by atoms with Gasteiger partial charge in [0, 0.05) is 12.5 Å². The van der Waals surface area contributed by atoms with Crippen molar-refractivity contribution < 1.29 is 4.79 Å². The van der Waals surface area contributed by atoms with Crippen LogP contribution in [0.5, 0.6) is 0 Å². The van der Waals surface area contributed by atoms with E-state index in [-0.39, 0.29) is 11.3 Å². The van der Waals surface area contributed by atoms with Crippen LogP contribution in [0.3, 0.4) is 0 Å². The van der Waals surface area contributed by atoms with Gasteiger partial charge in [0.1, 0.15) is 0 Å². The molecule has 1 amide bonds. The number of nitrogens with two attached hydrogens (primary N) is 1. The number of nitrogen functional groups attached to an aromatic ring is 1. The van der Waals surface area contributed by atoms with Gasteiger partial charge in [0.2, 0.25) is 0 Å². The van der Waals surface area contributed by atoms with Crippen molar-refractivity contribution in [3.8, 4) is 0 Å². The zero-order valence-electron chi connectivity index (χ0n) is 13.5. The Kier molecular flexibility index (Phi) is 4.91. The average Bonchev–Trinajstić information content (AvgIpc) is 3.20. The zero-order chi connectivity index (χ0) is 15.5. The van der Waals surface area contributed by atoms with Crippen molar-refractivity contribution in [1.29, 1.82) is 0 Å². The second-order valence-electron chi connectivity index (χ2n) is 6.98. The first kappa shape index (κ1) is 15.9. The Bertz CT molecular complexity index is 488. The van der Waals surface area contributed by atoms with Crippen molar-refractivity contribution in [1.82, 2.24) is 15.5 Å². The van der Waals surface area contributed by atoms with Crippen LogP contribution in [-0.4, -0.2) is 22.6 Å². The highest BCUT2D eigenvalue weighted by Gasteiger charge is 2.30. The Hall–Kier alpha value is -1.52. The number of rotatable bonds is 8. The van der Waals surface area contributed by atoms with Crippen molar-refractivity contribution in [2.24, 2.45) is 5.41 Å². The normalized spacial score (nSPS) is 15.2. The van der Waals surface area contributed by atoms with Crippen LogP contribution in [-0.2, 0) is 0 Å². The third-order valence-corrected chi connectivity index (χ3v) is 4.22. The van der Waals surface area contributed by atoms with Gasteiger partial charge in [-0.25, -0.2) is 0 Å². The van der Waals surface area contributed by atoms with E-state index in [1.165, 1.54) is 19.3 Å². The fraction of sp³-hybridized carbons (Fsp3) is 0.750. The maximum atomic E-state index is 12.2. The van der Waals surface area contributed by atoms with Gasteiger partial charge in [0.05, 0.1) is 11.4 Å². The van der Waals surface area contributed by atoms with Gasteiger partial charge in [0.25, 0.3) is 5.91 Å². The van der Waals surface area contributed by atoms with Crippen molar-refractivity contribution >= 4 is 11.6 Å². The fourth-order valence-electron chi connectivity index (χ4n) is 2.57. The summed E-state index contributed by atoms with van der Waals surface area (Å²) in [4.78, 5) is 12.2. The summed E-state index contributed by atoms with van der Waals surface area (Å²) in [5.41, 5.74) is 7.94. The molecule has 1 aromatic heterocycles. The van der Waals surface area contributed by atoms with Crippen LogP contribution >= 0.6 is 0 Å². The Balaban J connectivity index is 1.86. The lowest BCUT2D eigenvalue weighted by Crippen LogP contribution is -2.34. The summed E-state index contributed by atoms with van der Waals surface area (Å²) < 4.78 is 0. The average molecular weight is 292 g/mol. The molecule has 0 atom stereocenters. The first-order valence-electron chi connectivity index (χ1n) is 8.06. The van der Waals surface area contributed by atoms with Crippen LogP contribution in [0.2, 0.25) is 0 Å². The van der Waals surface area contributed by atoms with E-state index in [1.54, 1.807) is 0 Å². The third kappa shape index (κ3) is 4.22. The SMILES string of the molecule is CCCCCC(C)(C)CNC(=O)c1n[nH]c(C2CC2)c1N. The minimum atomic E-state index is -0.167. The summed E-state index contributed by atoms with van der Waals surface area (Å²) >= 11 is 0. The molecule has 1 aliphatic rings. The molecule has 0 aromatic carbocycles. The van der Waals surface area contributed by atoms with Crippen molar-refractivity contribution in [2.75, 3.05) is 12.3 Å². The van der Waals surface area contributed by atoms with Gasteiger partial charge in [-0.05, 0) is 24.7 Å². The number of aromatic amines is 1. The molecule has 0 bridgehead atoms. The number of carbonyl (C=O) groups excluding carboxylic acids is 1. The van der Waals surface area contributed by atoms with E-state index in [4.69, 9.17) is 5.73 Å². The number of H-pyrrole nitrogens is 1. The van der Waals surface area contributed by atoms with Gasteiger partial charge in [0.15, 0.2) is 5.69 Å². The molecule has 5 heteroatoms. The van der Waals surface area contributed by atoms with Gasteiger partial charge in [-0.1, -0.05) is 40.0 Å². The number of aromatic nitrogens is 2. The number of amides is 1. The predicted octanol–water partition coefficient (Wildman–Crippen LogP) is 3.21. The molecule has 118 valence electrons. The molecule has 4 N–H and O–H groups in total. The molecule has 1 fully saturated rings. The van der Waals surface area contributed by atoms with E-state index in [0.717, 1.165) is 25.0 Å². The second kappa shape index (κ2) is 6.50. The van der Waals surface area contributed by atoms with E-state index in [0.29, 0.717) is 23.8 Å². The van der Waals surface area contributed by atoms with Gasteiger partial charge in [-0.3, -0.25) is 9.89 Å². The molecule has 0 radical (unpaired) electrons. The first-order valence-corrected chi connectivity index (χ1v) is 8.06. The summed E-state index contributed by atoms with van der Waals surface area (Å²) in [5.74, 6) is 0.309. The van der Waals surface area contributed by atoms with Gasteiger partial charge >= 0.3 is 0 Å². The first-order chi connectivity index (χ1) is 9.94. The van der Waals surface area contributed by atoms with Gasteiger partial charge in [-0.2, -0.15) is 5.10 Å². The monoisotopic (exact) mass is 292 g/mol. The summed E-state index contributed by atoms with van der Waals surface area (Å²) in [7, 11) is 0. The number of nitrogens with zero attached hydrogens (tertiary/aromatic N) is 1. The van der Waals surface area contributed by atoms with Crippen LogP contribution in [0.4, 0.5) is 5.69 Å². The van der Waals surface area contributed by atoms with Crippen LogP contribution in [0.15, 0.2) is 0 Å². The Labute approximate surface area is 127 Å². The molecule has 0 aliphatic heterocycles. The fourth-order valence-corrected chi connectivity index (χ4v) is 2.57. The molecule has 1 heterocycles. The summed E-state index contributed by atoms with van der Waals surface area (Å²) in [6.07, 6.45) is 7.06. The maximum absolute atomic E-state index is 12.2. The van der Waals surface area contributed by atoms with E-state index < -0.39 is 0 Å². The second-order valence-corrected chi connectivity index (χ2v) is 6.98. The van der Waals surface area contributed by atoms with E-state index in [1.807, 2.05) is 0 Å². The third-order valence-electron chi connectivity index (χ3n) is 4.22. The molecular weight excluding hydrogens is 264 g/mol. The molecule has 1 aromatic rings. The van der Waals surface area contributed by atoms with E-state index in [9.17, 15) is 4.79 Å². The van der Waals surface area contributed by atoms with Crippen LogP contribution in [0.25, 0.3) is 0 Å². The number of unbranched alkanes of at least 4 members (excludes halogenated alkanes) is 2. The standard InChI is InChI=1S/C16H28N4O/c1-4-5-6-9-16(2,3)10-18-15(21)14-12(17)13(19-20-14)11-7-8-11/h11H,4-10,17H2,1-3H3,(H,18,21)(H,19,20). The topological polar surface area (TPSA) is 83.8 Å². The molecule has 5 nitrogen and oxygen atoms in total. The Morgan fingerprint density at radius 1 is 1.43 bits per heavy atom. The number of hydrogen-bond donors (Lipinski definition) is 3. The Morgan fingerprint density at radius 2 is 2.14 bits per heavy atom. The van der Waals surface area contributed by atoms with Crippen LogP contribution < -0.4 is 11.1 Å². The number of hydrogen-bond acceptors (Lipinski definition) is 3. The van der Waals surface area contributed by atoms with Crippen molar-refractivity contribution in [2.45, 2.75) is 65.2 Å². The molecule has 2 rings (SSSR count). The molecule has 1 aliphatic carbocycles. The quantitative estimate of drug-likeness (QED) is 0.643. The zero-order valence-corrected chi connectivity index (χ0v) is 13.5. The predicted molar refractivity (Wildman–Crippen MR) is 85.2 cm³/mol. The lowest BCUT2D eigenvalue weighted by Gasteiger charge is -2.24. The summed E-state index contributed by atoms with van der Waals surface area (Å²) in [6.45, 7) is 7.23. The van der Waals surface area contributed by atoms with Crippen LogP contribution in [0, 0.1) is 5.41 Å². The molecule has 0 saturated heterocycles. The summed E-state index contributed by atoms with van der Waals surface area (Å²) in [6, 6.07) is 0. The van der Waals surface area contributed by atoms with E-state index >= 15 is 0 Å². The molecule has 1 saturated carbocycles. The number of anilines is 1. The van der Waals surface area contributed by atoms with Crippen LogP contribution in [0.1, 0.15) is 81.4 Å². The van der Waals surface area contributed by atoms with Crippen molar-refractivity contribution in [3.63, 3.8) is 0 Å². The minimum Gasteiger partial charge on any atom is -0.395 e. The highest BCUT2D eigenvalue weighted by atomic mass is 16.1. The van der Waals surface area contributed by atoms with E-state index in [2.05, 4.69) is 36.3 Å². The molecule has 0 unspecified atom stereocenters. The molecule has 21 heavy (non-hydrogen) atoms. The van der Waals surface area contributed by atoms with Gasteiger partial charge in [-0.15, -0.1) is 0 Å². The Morgan fingerprint density at radius 3 is 2.76 bits per heavy atom. The van der Waals surface area contributed by atoms with Gasteiger partial charge < -0.3 is 11.1 Å². The minimum absolute atomic E-state index is 0.106. The smallest absolute Gasteiger partial charge is 0.273 e.